The fourth-order valence-electron chi connectivity index (χ4n) is 2.34. The summed E-state index contributed by atoms with van der Waals surface area (Å²) in [5.74, 6) is 0.823. The van der Waals surface area contributed by atoms with Crippen LogP contribution in [0.1, 0.15) is 12.5 Å². The smallest absolute Gasteiger partial charge is 0.262 e. The number of benzene rings is 2. The lowest BCUT2D eigenvalue weighted by Crippen LogP contribution is -2.20. The van der Waals surface area contributed by atoms with Gasteiger partial charge in [0.15, 0.2) is 6.61 Å². The van der Waals surface area contributed by atoms with Gasteiger partial charge >= 0.3 is 0 Å². The molecule has 0 aliphatic carbocycles. The minimum absolute atomic E-state index is 0.0131. The SMILES string of the molecule is CCOc1ccc(OCC(=O)Nc2ccc(NC(=O)COC)c(C)c2)cc1. The number of rotatable bonds is 9. The molecule has 7 heteroatoms. The first-order valence-corrected chi connectivity index (χ1v) is 8.56. The van der Waals surface area contributed by atoms with Crippen LogP contribution in [0.5, 0.6) is 11.5 Å². The number of ether oxygens (including phenoxy) is 3. The summed E-state index contributed by atoms with van der Waals surface area (Å²) < 4.78 is 15.6. The zero-order valence-electron chi connectivity index (χ0n) is 15.7. The van der Waals surface area contributed by atoms with Gasteiger partial charge < -0.3 is 24.8 Å². The third-order valence-electron chi connectivity index (χ3n) is 3.56. The van der Waals surface area contributed by atoms with Gasteiger partial charge in [0.2, 0.25) is 5.91 Å². The summed E-state index contributed by atoms with van der Waals surface area (Å²) in [6.45, 7) is 4.22. The highest BCUT2D eigenvalue weighted by Crippen LogP contribution is 2.20. The zero-order valence-corrected chi connectivity index (χ0v) is 15.7. The molecule has 0 aliphatic heterocycles. The summed E-state index contributed by atoms with van der Waals surface area (Å²) in [6.07, 6.45) is 0. The maximum absolute atomic E-state index is 12.1. The van der Waals surface area contributed by atoms with Crippen LogP contribution >= 0.6 is 0 Å². The molecule has 0 bridgehead atoms. The largest absolute Gasteiger partial charge is 0.494 e. The number of hydrogen-bond donors (Lipinski definition) is 2. The average Bonchev–Trinajstić information content (AvgIpc) is 2.64. The van der Waals surface area contributed by atoms with E-state index in [-0.39, 0.29) is 25.0 Å². The zero-order chi connectivity index (χ0) is 19.6. The molecule has 144 valence electrons. The summed E-state index contributed by atoms with van der Waals surface area (Å²) in [5, 5.41) is 5.50. The first-order valence-electron chi connectivity index (χ1n) is 8.56. The topological polar surface area (TPSA) is 85.9 Å². The van der Waals surface area contributed by atoms with E-state index in [1.165, 1.54) is 7.11 Å². The monoisotopic (exact) mass is 372 g/mol. The molecule has 0 unspecified atom stereocenters. The lowest BCUT2D eigenvalue weighted by molar-refractivity contribution is -0.120. The Labute approximate surface area is 158 Å². The Kier molecular flexibility index (Phi) is 7.63. The Bertz CT molecular complexity index is 774. The number of methoxy groups -OCH3 is 1. The summed E-state index contributed by atoms with van der Waals surface area (Å²) >= 11 is 0. The van der Waals surface area contributed by atoms with E-state index in [4.69, 9.17) is 14.2 Å². The first-order chi connectivity index (χ1) is 13.0. The predicted octanol–water partition coefficient (Wildman–Crippen LogP) is 3.00. The van der Waals surface area contributed by atoms with Crippen LogP contribution < -0.4 is 20.1 Å². The van der Waals surface area contributed by atoms with Crippen molar-refractivity contribution in [1.82, 2.24) is 0 Å². The summed E-state index contributed by atoms with van der Waals surface area (Å²) in [7, 11) is 1.46. The van der Waals surface area contributed by atoms with Gasteiger partial charge in [-0.1, -0.05) is 0 Å². The average molecular weight is 372 g/mol. The van der Waals surface area contributed by atoms with Gasteiger partial charge in [-0.3, -0.25) is 9.59 Å². The van der Waals surface area contributed by atoms with Crippen molar-refractivity contribution in [2.45, 2.75) is 13.8 Å². The second-order valence-corrected chi connectivity index (χ2v) is 5.75. The van der Waals surface area contributed by atoms with E-state index in [9.17, 15) is 9.59 Å². The standard InChI is InChI=1S/C20H24N2O5/c1-4-26-16-6-8-17(9-7-16)27-13-20(24)21-15-5-10-18(14(2)11-15)22-19(23)12-25-3/h5-11H,4,12-13H2,1-3H3,(H,21,24)(H,22,23). The number of hydrogen-bond acceptors (Lipinski definition) is 5. The fourth-order valence-corrected chi connectivity index (χ4v) is 2.34. The van der Waals surface area contributed by atoms with Gasteiger partial charge in [0.05, 0.1) is 6.61 Å². The van der Waals surface area contributed by atoms with Gasteiger partial charge in [0.1, 0.15) is 18.1 Å². The van der Waals surface area contributed by atoms with Crippen molar-refractivity contribution < 1.29 is 23.8 Å². The normalized spacial score (nSPS) is 10.2. The summed E-state index contributed by atoms with van der Waals surface area (Å²) in [6, 6.07) is 12.3. The van der Waals surface area contributed by atoms with Crippen LogP contribution in [0.2, 0.25) is 0 Å². The second kappa shape index (κ2) is 10.2. The number of carbonyl (C=O) groups excluding carboxylic acids is 2. The van der Waals surface area contributed by atoms with E-state index >= 15 is 0 Å². The number of nitrogens with one attached hydrogen (secondary N) is 2. The molecule has 0 fully saturated rings. The van der Waals surface area contributed by atoms with Gasteiger partial charge in [-0.05, 0) is 61.9 Å². The van der Waals surface area contributed by atoms with Crippen molar-refractivity contribution >= 4 is 23.2 Å². The van der Waals surface area contributed by atoms with E-state index in [1.807, 2.05) is 13.8 Å². The Morgan fingerprint density at radius 1 is 0.889 bits per heavy atom. The molecular weight excluding hydrogens is 348 g/mol. The van der Waals surface area contributed by atoms with E-state index in [0.717, 1.165) is 11.3 Å². The van der Waals surface area contributed by atoms with E-state index in [0.29, 0.717) is 23.7 Å². The summed E-state index contributed by atoms with van der Waals surface area (Å²) in [4.78, 5) is 23.6. The number of aryl methyl sites for hydroxylation is 1. The molecule has 0 heterocycles. The third-order valence-corrected chi connectivity index (χ3v) is 3.56. The van der Waals surface area contributed by atoms with Crippen LogP contribution in [0.25, 0.3) is 0 Å². The van der Waals surface area contributed by atoms with Crippen molar-refractivity contribution in [2.75, 3.05) is 37.6 Å². The van der Waals surface area contributed by atoms with Crippen LogP contribution in [0.4, 0.5) is 11.4 Å². The Morgan fingerprint density at radius 2 is 1.52 bits per heavy atom. The lowest BCUT2D eigenvalue weighted by atomic mass is 10.1. The van der Waals surface area contributed by atoms with Gasteiger partial charge in [0.25, 0.3) is 5.91 Å². The molecule has 0 aromatic heterocycles. The maximum Gasteiger partial charge on any atom is 0.262 e. The Morgan fingerprint density at radius 3 is 2.11 bits per heavy atom. The van der Waals surface area contributed by atoms with Crippen molar-refractivity contribution in [1.29, 1.82) is 0 Å². The second-order valence-electron chi connectivity index (χ2n) is 5.75. The molecule has 0 saturated heterocycles. The van der Waals surface area contributed by atoms with Crippen LogP contribution in [-0.4, -0.2) is 38.7 Å². The molecule has 0 saturated carbocycles. The third kappa shape index (κ3) is 6.63. The molecule has 7 nitrogen and oxygen atoms in total. The van der Waals surface area contributed by atoms with E-state index in [2.05, 4.69) is 10.6 Å². The predicted molar refractivity (Wildman–Crippen MR) is 103 cm³/mol. The van der Waals surface area contributed by atoms with Crippen LogP contribution in [-0.2, 0) is 14.3 Å². The van der Waals surface area contributed by atoms with Gasteiger partial charge in [-0.25, -0.2) is 0 Å². The van der Waals surface area contributed by atoms with Gasteiger partial charge in [-0.15, -0.1) is 0 Å². The molecule has 2 aromatic rings. The van der Waals surface area contributed by atoms with Crippen molar-refractivity contribution in [3.63, 3.8) is 0 Å². The molecule has 2 amide bonds. The highest BCUT2D eigenvalue weighted by Gasteiger charge is 2.08. The lowest BCUT2D eigenvalue weighted by Gasteiger charge is -2.12. The van der Waals surface area contributed by atoms with Gasteiger partial charge in [-0.2, -0.15) is 0 Å². The molecule has 0 radical (unpaired) electrons. The highest BCUT2D eigenvalue weighted by atomic mass is 16.5. The number of anilines is 2. The fraction of sp³-hybridized carbons (Fsp3) is 0.300. The minimum atomic E-state index is -0.278. The minimum Gasteiger partial charge on any atom is -0.494 e. The van der Waals surface area contributed by atoms with Crippen LogP contribution in [0, 0.1) is 6.92 Å². The quantitative estimate of drug-likeness (QED) is 0.707. The van der Waals surface area contributed by atoms with E-state index in [1.54, 1.807) is 42.5 Å². The van der Waals surface area contributed by atoms with Gasteiger partial charge in [0, 0.05) is 18.5 Å². The summed E-state index contributed by atoms with van der Waals surface area (Å²) in [5.41, 5.74) is 2.11. The molecule has 2 N–H and O–H groups in total. The molecular formula is C20H24N2O5. The van der Waals surface area contributed by atoms with Crippen molar-refractivity contribution in [3.05, 3.63) is 48.0 Å². The maximum atomic E-state index is 12.1. The molecule has 2 rings (SSSR count). The first kappa shape index (κ1) is 20.3. The molecule has 27 heavy (non-hydrogen) atoms. The number of amides is 2. The van der Waals surface area contributed by atoms with Crippen LogP contribution in [0.3, 0.4) is 0 Å². The molecule has 2 aromatic carbocycles. The van der Waals surface area contributed by atoms with Crippen molar-refractivity contribution in [3.8, 4) is 11.5 Å². The Hall–Kier alpha value is -3.06. The molecule has 0 spiro atoms. The Balaban J connectivity index is 1.86. The van der Waals surface area contributed by atoms with E-state index < -0.39 is 0 Å². The van der Waals surface area contributed by atoms with Crippen LogP contribution in [0.15, 0.2) is 42.5 Å². The highest BCUT2D eigenvalue weighted by molar-refractivity contribution is 5.94. The van der Waals surface area contributed by atoms with Crippen molar-refractivity contribution in [2.24, 2.45) is 0 Å². The molecule has 0 aliphatic rings. The molecule has 0 atom stereocenters. The number of carbonyl (C=O) groups is 2.